The van der Waals surface area contributed by atoms with Crippen LogP contribution in [0.15, 0.2) is 5.16 Å². The average Bonchev–Trinajstić information content (AvgIpc) is 2.78. The molecule has 0 unspecified atom stereocenters. The van der Waals surface area contributed by atoms with E-state index in [4.69, 9.17) is 10.9 Å². The molecule has 6 nitrogen and oxygen atoms in total. The minimum atomic E-state index is -4.54. The summed E-state index contributed by atoms with van der Waals surface area (Å²) in [7, 11) is 0. The van der Waals surface area contributed by atoms with Crippen LogP contribution in [0.3, 0.4) is 0 Å². The number of hydrogen-bond donors (Lipinski definition) is 2. The van der Waals surface area contributed by atoms with Crippen LogP contribution < -0.4 is 10.6 Å². The van der Waals surface area contributed by atoms with Gasteiger partial charge in [-0.3, -0.25) is 0 Å². The van der Waals surface area contributed by atoms with Gasteiger partial charge in [0.05, 0.1) is 0 Å². The Morgan fingerprint density at radius 1 is 1.56 bits per heavy atom. The second-order valence-corrected chi connectivity index (χ2v) is 4.05. The average molecular weight is 283 g/mol. The Morgan fingerprint density at radius 2 is 2.22 bits per heavy atom. The quantitative estimate of drug-likeness (QED) is 0.370. The van der Waals surface area contributed by atoms with E-state index in [0.717, 1.165) is 0 Å². The van der Waals surface area contributed by atoms with Crippen molar-refractivity contribution in [3.05, 3.63) is 5.82 Å². The lowest BCUT2D eigenvalue weighted by molar-refractivity contribution is -0.144. The number of nitrogens with zero attached hydrogens (tertiary/aromatic N) is 4. The summed E-state index contributed by atoms with van der Waals surface area (Å²) in [6, 6.07) is 0. The molecule has 0 atom stereocenters. The molecular weight excluding hydrogens is 271 g/mol. The molecule has 0 bridgehead atoms. The van der Waals surface area contributed by atoms with Crippen molar-refractivity contribution in [1.82, 2.24) is 9.36 Å². The standard InChI is InChI=1S/C8H12F3N5OS/c1-2-16(4-3-5(12)14-17)7-13-6(15-18-7)8(9,10)11/h17H,2-4H2,1H3,(H2,12,14). The molecule has 0 amide bonds. The molecule has 0 aromatic carbocycles. The third-order valence-corrected chi connectivity index (χ3v) is 2.86. The first-order valence-electron chi connectivity index (χ1n) is 5.00. The van der Waals surface area contributed by atoms with Gasteiger partial charge in [0.25, 0.3) is 0 Å². The summed E-state index contributed by atoms with van der Waals surface area (Å²) in [6.07, 6.45) is -4.31. The van der Waals surface area contributed by atoms with Crippen LogP contribution in [0.2, 0.25) is 0 Å². The first kappa shape index (κ1) is 14.5. The van der Waals surface area contributed by atoms with Crippen molar-refractivity contribution in [2.24, 2.45) is 10.9 Å². The van der Waals surface area contributed by atoms with Gasteiger partial charge >= 0.3 is 6.18 Å². The molecule has 18 heavy (non-hydrogen) atoms. The highest BCUT2D eigenvalue weighted by atomic mass is 32.1. The fourth-order valence-electron chi connectivity index (χ4n) is 1.15. The number of oxime groups is 1. The molecule has 0 radical (unpaired) electrons. The Morgan fingerprint density at radius 3 is 2.67 bits per heavy atom. The van der Waals surface area contributed by atoms with Gasteiger partial charge in [-0.05, 0) is 6.92 Å². The molecule has 0 aliphatic rings. The van der Waals surface area contributed by atoms with Crippen LogP contribution in [0, 0.1) is 0 Å². The van der Waals surface area contributed by atoms with Gasteiger partial charge < -0.3 is 15.8 Å². The smallest absolute Gasteiger partial charge is 0.409 e. The van der Waals surface area contributed by atoms with Crippen molar-refractivity contribution in [1.29, 1.82) is 0 Å². The summed E-state index contributed by atoms with van der Waals surface area (Å²) in [4.78, 5) is 5.00. The van der Waals surface area contributed by atoms with Gasteiger partial charge in [-0.1, -0.05) is 5.16 Å². The minimum Gasteiger partial charge on any atom is -0.409 e. The van der Waals surface area contributed by atoms with E-state index < -0.39 is 12.0 Å². The van der Waals surface area contributed by atoms with Gasteiger partial charge in [-0.2, -0.15) is 22.5 Å². The normalized spacial score (nSPS) is 12.8. The van der Waals surface area contributed by atoms with Crippen molar-refractivity contribution in [2.75, 3.05) is 18.0 Å². The highest BCUT2D eigenvalue weighted by Crippen LogP contribution is 2.30. The van der Waals surface area contributed by atoms with E-state index >= 15 is 0 Å². The molecule has 0 saturated carbocycles. The number of aromatic nitrogens is 2. The second-order valence-electron chi connectivity index (χ2n) is 3.32. The lowest BCUT2D eigenvalue weighted by atomic mass is 10.3. The molecular formula is C8H12F3N5OS. The maximum absolute atomic E-state index is 12.3. The van der Waals surface area contributed by atoms with Crippen molar-refractivity contribution in [3.8, 4) is 0 Å². The summed E-state index contributed by atoms with van der Waals surface area (Å²) in [5.41, 5.74) is 5.29. The molecule has 0 aliphatic carbocycles. The SMILES string of the molecule is CCN(CCC(N)=NO)c1nc(C(F)(F)F)ns1. The van der Waals surface area contributed by atoms with E-state index in [2.05, 4.69) is 14.5 Å². The van der Waals surface area contributed by atoms with Crippen LogP contribution in [-0.4, -0.2) is 33.5 Å². The third kappa shape index (κ3) is 3.72. The molecule has 0 aliphatic heterocycles. The molecule has 10 heteroatoms. The fourth-order valence-corrected chi connectivity index (χ4v) is 1.92. The van der Waals surface area contributed by atoms with Gasteiger partial charge in [0.2, 0.25) is 11.0 Å². The number of hydrogen-bond acceptors (Lipinski definition) is 6. The van der Waals surface area contributed by atoms with Crippen LogP contribution >= 0.6 is 11.5 Å². The fraction of sp³-hybridized carbons (Fsp3) is 0.625. The van der Waals surface area contributed by atoms with Crippen LogP contribution in [0.25, 0.3) is 0 Å². The summed E-state index contributed by atoms with van der Waals surface area (Å²) in [5.74, 6) is -1.14. The monoisotopic (exact) mass is 283 g/mol. The Kier molecular flexibility index (Phi) is 4.70. The van der Waals surface area contributed by atoms with Gasteiger partial charge in [0.1, 0.15) is 5.84 Å². The zero-order chi connectivity index (χ0) is 13.8. The molecule has 102 valence electrons. The summed E-state index contributed by atoms with van der Waals surface area (Å²) >= 11 is 0.670. The number of alkyl halides is 3. The van der Waals surface area contributed by atoms with E-state index in [-0.39, 0.29) is 17.4 Å². The third-order valence-electron chi connectivity index (χ3n) is 2.09. The number of amidine groups is 1. The molecule has 0 saturated heterocycles. The number of halogens is 3. The minimum absolute atomic E-state index is 0.00834. The first-order valence-corrected chi connectivity index (χ1v) is 5.78. The zero-order valence-electron chi connectivity index (χ0n) is 9.48. The highest BCUT2D eigenvalue weighted by Gasteiger charge is 2.36. The number of anilines is 1. The predicted octanol–water partition coefficient (Wildman–Crippen LogP) is 1.52. The maximum Gasteiger partial charge on any atom is 0.452 e. The predicted molar refractivity (Wildman–Crippen MR) is 60.8 cm³/mol. The summed E-state index contributed by atoms with van der Waals surface area (Å²) in [5, 5.41) is 11.3. The highest BCUT2D eigenvalue weighted by molar-refractivity contribution is 7.09. The van der Waals surface area contributed by atoms with E-state index in [1.54, 1.807) is 11.8 Å². The van der Waals surface area contributed by atoms with Gasteiger partial charge in [0.15, 0.2) is 0 Å². The summed E-state index contributed by atoms with van der Waals surface area (Å²) < 4.78 is 40.2. The van der Waals surface area contributed by atoms with Crippen LogP contribution in [0.5, 0.6) is 0 Å². The largest absolute Gasteiger partial charge is 0.452 e. The van der Waals surface area contributed by atoms with Crippen molar-refractivity contribution < 1.29 is 18.4 Å². The van der Waals surface area contributed by atoms with E-state index in [1.807, 2.05) is 0 Å². The molecule has 1 heterocycles. The van der Waals surface area contributed by atoms with Gasteiger partial charge in [-0.15, -0.1) is 0 Å². The van der Waals surface area contributed by atoms with Gasteiger partial charge in [-0.25, -0.2) is 0 Å². The molecule has 0 spiro atoms. The Hall–Kier alpha value is -1.58. The van der Waals surface area contributed by atoms with Crippen molar-refractivity contribution in [3.63, 3.8) is 0 Å². The lowest BCUT2D eigenvalue weighted by Gasteiger charge is -2.18. The van der Waals surface area contributed by atoms with Crippen molar-refractivity contribution >= 4 is 22.5 Å². The van der Waals surface area contributed by atoms with E-state index in [1.165, 1.54) is 0 Å². The second kappa shape index (κ2) is 5.85. The van der Waals surface area contributed by atoms with Crippen LogP contribution in [0.1, 0.15) is 19.2 Å². The number of nitrogens with two attached hydrogens (primary N) is 1. The molecule has 1 aromatic heterocycles. The molecule has 1 rings (SSSR count). The zero-order valence-corrected chi connectivity index (χ0v) is 10.3. The first-order chi connectivity index (χ1) is 8.38. The lowest BCUT2D eigenvalue weighted by Crippen LogP contribution is -2.28. The van der Waals surface area contributed by atoms with Crippen molar-refractivity contribution in [2.45, 2.75) is 19.5 Å². The van der Waals surface area contributed by atoms with E-state index in [0.29, 0.717) is 24.6 Å². The maximum atomic E-state index is 12.3. The molecule has 3 N–H and O–H groups in total. The van der Waals surface area contributed by atoms with Crippen LogP contribution in [-0.2, 0) is 6.18 Å². The Bertz CT molecular complexity index is 419. The number of rotatable bonds is 5. The van der Waals surface area contributed by atoms with Gasteiger partial charge in [0, 0.05) is 31.0 Å². The molecule has 1 aromatic rings. The Balaban J connectivity index is 2.74. The van der Waals surface area contributed by atoms with E-state index in [9.17, 15) is 13.2 Å². The summed E-state index contributed by atoms with van der Waals surface area (Å²) in [6.45, 7) is 2.52. The Labute approximate surface area is 105 Å². The van der Waals surface area contributed by atoms with Crippen LogP contribution in [0.4, 0.5) is 18.3 Å². The molecule has 0 fully saturated rings. The topological polar surface area (TPSA) is 87.6 Å².